The van der Waals surface area contributed by atoms with Crippen LogP contribution in [0.25, 0.3) is 0 Å². The fourth-order valence-electron chi connectivity index (χ4n) is 4.59. The molecule has 3 N–H and O–H groups in total. The van der Waals surface area contributed by atoms with Crippen molar-refractivity contribution in [2.75, 3.05) is 13.1 Å². The quantitative estimate of drug-likeness (QED) is 0.655. The molecule has 2 fully saturated rings. The molecule has 34 heavy (non-hydrogen) atoms. The Hall–Kier alpha value is -2.61. The van der Waals surface area contributed by atoms with Crippen molar-refractivity contribution in [2.24, 2.45) is 5.73 Å². The third kappa shape index (κ3) is 5.54. The Kier molecular flexibility index (Phi) is 7.76. The van der Waals surface area contributed by atoms with Gasteiger partial charge >= 0.3 is 0 Å². The minimum absolute atomic E-state index is 0.0269. The summed E-state index contributed by atoms with van der Waals surface area (Å²) >= 11 is 12.1. The molecule has 2 aromatic rings. The van der Waals surface area contributed by atoms with Gasteiger partial charge in [-0.15, -0.1) is 0 Å². The number of nitrogens with one attached hydrogen (secondary N) is 1. The maximum absolute atomic E-state index is 13.5. The minimum Gasteiger partial charge on any atom is -0.350 e. The van der Waals surface area contributed by atoms with E-state index in [1.807, 2.05) is 30.3 Å². The molecule has 1 saturated heterocycles. The summed E-state index contributed by atoms with van der Waals surface area (Å²) in [5.41, 5.74) is 7.16. The van der Waals surface area contributed by atoms with Crippen LogP contribution in [0.2, 0.25) is 10.0 Å². The number of carbonyl (C=O) groups excluding carboxylic acids is 3. The molecule has 4 rings (SSSR count). The van der Waals surface area contributed by atoms with Gasteiger partial charge in [-0.05, 0) is 49.4 Å². The van der Waals surface area contributed by atoms with E-state index in [2.05, 4.69) is 5.32 Å². The van der Waals surface area contributed by atoms with Gasteiger partial charge in [0.2, 0.25) is 5.91 Å². The maximum atomic E-state index is 13.5. The van der Waals surface area contributed by atoms with Gasteiger partial charge in [-0.25, -0.2) is 0 Å². The van der Waals surface area contributed by atoms with Gasteiger partial charge in [0.1, 0.15) is 0 Å². The molecule has 1 atom stereocenters. The SMILES string of the molecule is NC1CCC(NC(=O)C2N(C(=O)Cc3ccccc3)CCN2C(=O)c2ccc(Cl)c(Cl)c2)CC1. The molecule has 9 heteroatoms. The van der Waals surface area contributed by atoms with Gasteiger partial charge in [-0.2, -0.15) is 0 Å². The summed E-state index contributed by atoms with van der Waals surface area (Å²) < 4.78 is 0. The molecule has 2 aliphatic rings. The molecule has 1 heterocycles. The summed E-state index contributed by atoms with van der Waals surface area (Å²) in [6.45, 7) is 0.513. The fraction of sp³-hybridized carbons (Fsp3) is 0.400. The molecule has 1 unspecified atom stereocenters. The lowest BCUT2D eigenvalue weighted by Crippen LogP contribution is -2.56. The van der Waals surface area contributed by atoms with Gasteiger partial charge in [-0.1, -0.05) is 53.5 Å². The predicted molar refractivity (Wildman–Crippen MR) is 132 cm³/mol. The minimum atomic E-state index is -1.03. The van der Waals surface area contributed by atoms with E-state index in [1.165, 1.54) is 15.9 Å². The van der Waals surface area contributed by atoms with Crippen molar-refractivity contribution in [3.8, 4) is 0 Å². The van der Waals surface area contributed by atoms with Crippen LogP contribution in [-0.4, -0.2) is 58.9 Å². The normalized spacial score (nSPS) is 22.5. The molecule has 2 aromatic carbocycles. The molecular weight excluding hydrogens is 475 g/mol. The number of rotatable bonds is 5. The summed E-state index contributed by atoms with van der Waals surface area (Å²) in [6, 6.07) is 14.1. The highest BCUT2D eigenvalue weighted by Crippen LogP contribution is 2.26. The Morgan fingerprint density at radius 2 is 1.59 bits per heavy atom. The van der Waals surface area contributed by atoms with Gasteiger partial charge < -0.3 is 20.9 Å². The number of amides is 3. The molecule has 1 saturated carbocycles. The summed E-state index contributed by atoms with van der Waals surface area (Å²) in [7, 11) is 0. The van der Waals surface area contributed by atoms with Gasteiger partial charge in [0.15, 0.2) is 6.17 Å². The number of benzene rings is 2. The smallest absolute Gasteiger partial charge is 0.264 e. The summed E-state index contributed by atoms with van der Waals surface area (Å²) in [6.07, 6.45) is 2.33. The summed E-state index contributed by atoms with van der Waals surface area (Å²) in [4.78, 5) is 43.0. The van der Waals surface area contributed by atoms with Gasteiger partial charge in [0, 0.05) is 30.7 Å². The molecule has 7 nitrogen and oxygen atoms in total. The Balaban J connectivity index is 1.56. The number of carbonyl (C=O) groups is 3. The van der Waals surface area contributed by atoms with Crippen LogP contribution >= 0.6 is 23.2 Å². The number of hydrogen-bond acceptors (Lipinski definition) is 4. The van der Waals surface area contributed by atoms with Crippen molar-refractivity contribution in [1.82, 2.24) is 15.1 Å². The molecule has 1 aliphatic carbocycles. The Labute approximate surface area is 209 Å². The molecular formula is C25H28Cl2N4O3. The standard InChI is InChI=1S/C25H28Cl2N4O3/c26-20-11-6-17(15-21(20)27)25(34)31-13-12-30(22(32)14-16-4-2-1-3-5-16)24(31)23(33)29-19-9-7-18(28)8-10-19/h1-6,11,15,18-19,24H,7-10,12-14,28H2,(H,29,33). The third-order valence-electron chi connectivity index (χ3n) is 6.47. The number of nitrogens with two attached hydrogens (primary N) is 1. The van der Waals surface area contributed by atoms with Gasteiger partial charge in [0.05, 0.1) is 16.5 Å². The molecule has 0 bridgehead atoms. The molecule has 0 spiro atoms. The van der Waals surface area contributed by atoms with Crippen LogP contribution < -0.4 is 11.1 Å². The first-order valence-corrected chi connectivity index (χ1v) is 12.2. The van der Waals surface area contributed by atoms with E-state index in [0.717, 1.165) is 31.2 Å². The van der Waals surface area contributed by atoms with Crippen molar-refractivity contribution in [1.29, 1.82) is 0 Å². The van der Waals surface area contributed by atoms with E-state index >= 15 is 0 Å². The second-order valence-electron chi connectivity index (χ2n) is 8.87. The van der Waals surface area contributed by atoms with E-state index in [4.69, 9.17) is 28.9 Å². The van der Waals surface area contributed by atoms with Gasteiger partial charge in [-0.3, -0.25) is 14.4 Å². The topological polar surface area (TPSA) is 95.7 Å². The van der Waals surface area contributed by atoms with Crippen LogP contribution in [0, 0.1) is 0 Å². The van der Waals surface area contributed by atoms with Crippen molar-refractivity contribution >= 4 is 40.9 Å². The number of halogens is 2. The van der Waals surface area contributed by atoms with Crippen LogP contribution in [0.3, 0.4) is 0 Å². The average molecular weight is 503 g/mol. The highest BCUT2D eigenvalue weighted by Gasteiger charge is 2.43. The van der Waals surface area contributed by atoms with E-state index in [-0.39, 0.29) is 54.3 Å². The van der Waals surface area contributed by atoms with E-state index in [1.54, 1.807) is 12.1 Å². The van der Waals surface area contributed by atoms with Crippen LogP contribution in [0.4, 0.5) is 0 Å². The van der Waals surface area contributed by atoms with Crippen molar-refractivity contribution in [2.45, 2.75) is 50.4 Å². The van der Waals surface area contributed by atoms with Crippen LogP contribution in [0.1, 0.15) is 41.6 Å². The highest BCUT2D eigenvalue weighted by atomic mass is 35.5. The molecule has 3 amide bonds. The first-order valence-electron chi connectivity index (χ1n) is 11.5. The first kappa shape index (κ1) is 24.5. The zero-order valence-corrected chi connectivity index (χ0v) is 20.3. The highest BCUT2D eigenvalue weighted by molar-refractivity contribution is 6.42. The van der Waals surface area contributed by atoms with Gasteiger partial charge in [0.25, 0.3) is 11.8 Å². The molecule has 1 aliphatic heterocycles. The van der Waals surface area contributed by atoms with E-state index in [9.17, 15) is 14.4 Å². The number of nitrogens with zero attached hydrogens (tertiary/aromatic N) is 2. The lowest BCUT2D eigenvalue weighted by molar-refractivity contribution is -0.141. The van der Waals surface area contributed by atoms with Crippen molar-refractivity contribution in [3.63, 3.8) is 0 Å². The van der Waals surface area contributed by atoms with Crippen LogP contribution in [-0.2, 0) is 16.0 Å². The summed E-state index contributed by atoms with van der Waals surface area (Å²) in [5, 5.41) is 3.65. The average Bonchev–Trinajstić information content (AvgIpc) is 3.28. The second-order valence-corrected chi connectivity index (χ2v) is 9.69. The lowest BCUT2D eigenvalue weighted by atomic mass is 9.92. The molecule has 0 aromatic heterocycles. The molecule has 180 valence electrons. The number of hydrogen-bond donors (Lipinski definition) is 2. The fourth-order valence-corrected chi connectivity index (χ4v) is 4.89. The predicted octanol–water partition coefficient (Wildman–Crippen LogP) is 3.23. The largest absolute Gasteiger partial charge is 0.350 e. The van der Waals surface area contributed by atoms with E-state index < -0.39 is 6.17 Å². The lowest BCUT2D eigenvalue weighted by Gasteiger charge is -2.33. The Bertz CT molecular complexity index is 1060. The van der Waals surface area contributed by atoms with Crippen molar-refractivity contribution in [3.05, 3.63) is 69.7 Å². The summed E-state index contributed by atoms with van der Waals surface area (Å²) in [5.74, 6) is -0.936. The Morgan fingerprint density at radius 1 is 0.912 bits per heavy atom. The van der Waals surface area contributed by atoms with E-state index in [0.29, 0.717) is 10.6 Å². The first-order chi connectivity index (χ1) is 16.3. The molecule has 0 radical (unpaired) electrons. The zero-order chi connectivity index (χ0) is 24.2. The van der Waals surface area contributed by atoms with Crippen molar-refractivity contribution < 1.29 is 14.4 Å². The maximum Gasteiger partial charge on any atom is 0.264 e. The Morgan fingerprint density at radius 3 is 2.26 bits per heavy atom. The van der Waals surface area contributed by atoms with Crippen LogP contribution in [0.5, 0.6) is 0 Å². The zero-order valence-electron chi connectivity index (χ0n) is 18.8. The monoisotopic (exact) mass is 502 g/mol. The second kappa shape index (κ2) is 10.8. The third-order valence-corrected chi connectivity index (χ3v) is 7.21. The van der Waals surface area contributed by atoms with Crippen LogP contribution in [0.15, 0.2) is 48.5 Å².